The molecule has 6 nitrogen and oxygen atoms in total. The summed E-state index contributed by atoms with van der Waals surface area (Å²) < 4.78 is 5.98. The Balaban J connectivity index is 1.91. The van der Waals surface area contributed by atoms with Gasteiger partial charge in [0.05, 0.1) is 0 Å². The first kappa shape index (κ1) is 12.4. The van der Waals surface area contributed by atoms with Gasteiger partial charge < -0.3 is 20.0 Å². The number of furan rings is 1. The van der Waals surface area contributed by atoms with E-state index in [4.69, 9.17) is 10.2 Å². The van der Waals surface area contributed by atoms with E-state index in [2.05, 4.69) is 26.8 Å². The van der Waals surface area contributed by atoms with Crippen molar-refractivity contribution >= 4 is 33.8 Å². The predicted molar refractivity (Wildman–Crippen MR) is 83.4 cm³/mol. The molecule has 0 saturated carbocycles. The van der Waals surface area contributed by atoms with Gasteiger partial charge in [0.25, 0.3) is 0 Å². The highest BCUT2D eigenvalue weighted by atomic mass is 16.3. The monoisotopic (exact) mass is 283 g/mol. The summed E-state index contributed by atoms with van der Waals surface area (Å²) in [7, 11) is 2.13. The Hall–Kier alpha value is -2.34. The number of fused-ring (bicyclic) bond motifs is 3. The number of likely N-dealkylation sites (N-methyl/N-ethyl adjacent to an activating group) is 1. The van der Waals surface area contributed by atoms with Crippen LogP contribution >= 0.6 is 0 Å². The number of anilines is 2. The molecule has 1 aliphatic rings. The lowest BCUT2D eigenvalue weighted by Gasteiger charge is -2.33. The number of hydrogen-bond donors (Lipinski definition) is 1. The van der Waals surface area contributed by atoms with Gasteiger partial charge in [0.1, 0.15) is 11.1 Å². The second kappa shape index (κ2) is 4.60. The number of para-hydroxylation sites is 1. The van der Waals surface area contributed by atoms with E-state index in [1.165, 1.54) is 0 Å². The Bertz CT molecular complexity index is 804. The smallest absolute Gasteiger partial charge is 0.222 e. The number of benzene rings is 1. The number of nitrogens with zero attached hydrogens (tertiary/aromatic N) is 4. The van der Waals surface area contributed by atoms with Crippen molar-refractivity contribution in [1.82, 2.24) is 14.9 Å². The Morgan fingerprint density at radius 1 is 1.10 bits per heavy atom. The molecule has 1 aliphatic heterocycles. The molecule has 108 valence electrons. The summed E-state index contributed by atoms with van der Waals surface area (Å²) in [6, 6.07) is 7.88. The van der Waals surface area contributed by atoms with E-state index in [9.17, 15) is 0 Å². The Labute approximate surface area is 122 Å². The highest BCUT2D eigenvalue weighted by molar-refractivity contribution is 6.06. The molecule has 21 heavy (non-hydrogen) atoms. The second-order valence-corrected chi connectivity index (χ2v) is 5.47. The van der Waals surface area contributed by atoms with Crippen molar-refractivity contribution in [1.29, 1.82) is 0 Å². The lowest BCUT2D eigenvalue weighted by atomic mass is 10.2. The largest absolute Gasteiger partial charge is 0.450 e. The van der Waals surface area contributed by atoms with Gasteiger partial charge in [-0.3, -0.25) is 0 Å². The number of nitrogen functional groups attached to an aromatic ring is 1. The van der Waals surface area contributed by atoms with Crippen LogP contribution in [0.1, 0.15) is 0 Å². The van der Waals surface area contributed by atoms with Crippen LogP contribution in [0.2, 0.25) is 0 Å². The maximum absolute atomic E-state index is 5.98. The van der Waals surface area contributed by atoms with Crippen LogP contribution in [0.3, 0.4) is 0 Å². The molecular weight excluding hydrogens is 266 g/mol. The molecule has 0 amide bonds. The van der Waals surface area contributed by atoms with Crippen molar-refractivity contribution in [2.45, 2.75) is 0 Å². The maximum atomic E-state index is 5.98. The topological polar surface area (TPSA) is 71.4 Å². The van der Waals surface area contributed by atoms with Crippen molar-refractivity contribution in [3.63, 3.8) is 0 Å². The van der Waals surface area contributed by atoms with E-state index in [1.807, 2.05) is 24.3 Å². The lowest BCUT2D eigenvalue weighted by Crippen LogP contribution is -2.44. The Morgan fingerprint density at radius 2 is 1.86 bits per heavy atom. The molecule has 3 heterocycles. The third kappa shape index (κ3) is 1.99. The van der Waals surface area contributed by atoms with Gasteiger partial charge in [-0.15, -0.1) is 0 Å². The van der Waals surface area contributed by atoms with E-state index in [0.717, 1.165) is 54.1 Å². The molecule has 0 bridgehead atoms. The Morgan fingerprint density at radius 3 is 2.67 bits per heavy atom. The second-order valence-electron chi connectivity index (χ2n) is 5.47. The number of aromatic nitrogens is 2. The zero-order chi connectivity index (χ0) is 14.4. The average Bonchev–Trinajstić information content (AvgIpc) is 2.86. The summed E-state index contributed by atoms with van der Waals surface area (Å²) in [5.74, 6) is 1.10. The van der Waals surface area contributed by atoms with Crippen LogP contribution in [-0.2, 0) is 0 Å². The van der Waals surface area contributed by atoms with Crippen LogP contribution in [0.25, 0.3) is 22.1 Å². The van der Waals surface area contributed by atoms with Crippen molar-refractivity contribution < 1.29 is 4.42 Å². The highest BCUT2D eigenvalue weighted by Gasteiger charge is 2.22. The van der Waals surface area contributed by atoms with Gasteiger partial charge >= 0.3 is 0 Å². The van der Waals surface area contributed by atoms with Crippen molar-refractivity contribution in [3.8, 4) is 0 Å². The molecule has 3 aromatic rings. The minimum atomic E-state index is 0.294. The predicted octanol–water partition coefficient (Wildman–Crippen LogP) is 1.71. The molecule has 0 atom stereocenters. The van der Waals surface area contributed by atoms with Gasteiger partial charge in [-0.25, -0.2) is 4.98 Å². The zero-order valence-electron chi connectivity index (χ0n) is 11.9. The van der Waals surface area contributed by atoms with Crippen LogP contribution in [-0.4, -0.2) is 48.1 Å². The Kier molecular flexibility index (Phi) is 2.71. The number of piperazine rings is 1. The van der Waals surface area contributed by atoms with Crippen molar-refractivity contribution in [3.05, 3.63) is 24.3 Å². The fraction of sp³-hybridized carbons (Fsp3) is 0.333. The van der Waals surface area contributed by atoms with Crippen molar-refractivity contribution in [2.24, 2.45) is 0 Å². The van der Waals surface area contributed by atoms with Gasteiger partial charge in [-0.05, 0) is 19.2 Å². The number of hydrogen-bond acceptors (Lipinski definition) is 6. The summed E-state index contributed by atoms with van der Waals surface area (Å²) in [6.07, 6.45) is 0. The van der Waals surface area contributed by atoms with Gasteiger partial charge in [-0.1, -0.05) is 12.1 Å². The van der Waals surface area contributed by atoms with Crippen LogP contribution in [0.15, 0.2) is 28.7 Å². The summed E-state index contributed by atoms with van der Waals surface area (Å²) >= 11 is 0. The molecule has 2 N–H and O–H groups in total. The third-order valence-corrected chi connectivity index (χ3v) is 4.02. The lowest BCUT2D eigenvalue weighted by molar-refractivity contribution is 0.312. The van der Waals surface area contributed by atoms with Crippen LogP contribution in [0.4, 0.5) is 11.8 Å². The molecule has 4 rings (SSSR count). The van der Waals surface area contributed by atoms with Crippen LogP contribution in [0, 0.1) is 0 Å². The molecule has 1 fully saturated rings. The molecule has 0 aliphatic carbocycles. The average molecular weight is 283 g/mol. The molecule has 0 radical (unpaired) electrons. The van der Waals surface area contributed by atoms with E-state index >= 15 is 0 Å². The summed E-state index contributed by atoms with van der Waals surface area (Å²) in [6.45, 7) is 3.84. The molecule has 0 unspecified atom stereocenters. The summed E-state index contributed by atoms with van der Waals surface area (Å²) in [4.78, 5) is 13.3. The standard InChI is InChI=1S/C15H17N5O/c1-19-6-8-20(9-7-19)14-13-12(17-15(16)18-14)10-4-2-3-5-11(10)21-13/h2-5H,6-9H2,1H3,(H2,16,17,18). The third-order valence-electron chi connectivity index (χ3n) is 4.02. The quantitative estimate of drug-likeness (QED) is 0.733. The fourth-order valence-corrected chi connectivity index (χ4v) is 2.83. The maximum Gasteiger partial charge on any atom is 0.222 e. The first-order valence-electron chi connectivity index (χ1n) is 7.10. The van der Waals surface area contributed by atoms with Gasteiger partial charge in [0.2, 0.25) is 5.95 Å². The van der Waals surface area contributed by atoms with Crippen LogP contribution < -0.4 is 10.6 Å². The summed E-state index contributed by atoms with van der Waals surface area (Å²) in [5, 5.41) is 0.983. The molecule has 1 saturated heterocycles. The first-order chi connectivity index (χ1) is 10.2. The molecule has 0 spiro atoms. The SMILES string of the molecule is CN1CCN(c2nc(N)nc3c2oc2ccccc23)CC1. The zero-order valence-corrected chi connectivity index (χ0v) is 11.9. The molecular formula is C15H17N5O. The normalized spacial score (nSPS) is 16.9. The summed E-state index contributed by atoms with van der Waals surface area (Å²) in [5.41, 5.74) is 8.26. The van der Waals surface area contributed by atoms with Crippen molar-refractivity contribution in [2.75, 3.05) is 43.9 Å². The van der Waals surface area contributed by atoms with Gasteiger partial charge in [0.15, 0.2) is 11.4 Å². The van der Waals surface area contributed by atoms with E-state index in [0.29, 0.717) is 5.95 Å². The van der Waals surface area contributed by atoms with E-state index < -0.39 is 0 Å². The number of nitrogens with two attached hydrogens (primary N) is 1. The van der Waals surface area contributed by atoms with Gasteiger partial charge in [-0.2, -0.15) is 4.98 Å². The minimum absolute atomic E-state index is 0.294. The highest BCUT2D eigenvalue weighted by Crippen LogP contribution is 2.33. The first-order valence-corrected chi connectivity index (χ1v) is 7.10. The van der Waals surface area contributed by atoms with E-state index in [1.54, 1.807) is 0 Å². The molecule has 1 aromatic carbocycles. The number of rotatable bonds is 1. The minimum Gasteiger partial charge on any atom is -0.450 e. The fourth-order valence-electron chi connectivity index (χ4n) is 2.83. The molecule has 2 aromatic heterocycles. The van der Waals surface area contributed by atoms with Crippen LogP contribution in [0.5, 0.6) is 0 Å². The van der Waals surface area contributed by atoms with Gasteiger partial charge in [0, 0.05) is 31.6 Å². The van der Waals surface area contributed by atoms with E-state index in [-0.39, 0.29) is 0 Å². The molecule has 6 heteroatoms.